The number of rotatable bonds is 5. The van der Waals surface area contributed by atoms with Crippen LogP contribution in [0.4, 0.5) is 0 Å². The molecule has 0 radical (unpaired) electrons. The van der Waals surface area contributed by atoms with Gasteiger partial charge in [-0.1, -0.05) is 6.92 Å². The van der Waals surface area contributed by atoms with E-state index in [9.17, 15) is 4.79 Å². The summed E-state index contributed by atoms with van der Waals surface area (Å²) in [4.78, 5) is 11.1. The van der Waals surface area contributed by atoms with Crippen molar-refractivity contribution in [3.8, 4) is 0 Å². The molecule has 1 aliphatic carbocycles. The number of fused-ring (bicyclic) bond motifs is 1. The first-order valence-electron chi connectivity index (χ1n) is 6.94. The van der Waals surface area contributed by atoms with E-state index in [2.05, 4.69) is 12.0 Å². The third-order valence-corrected chi connectivity index (χ3v) is 5.87. The second-order valence-corrected chi connectivity index (χ2v) is 7.04. The van der Waals surface area contributed by atoms with Crippen molar-refractivity contribution in [3.63, 3.8) is 0 Å². The van der Waals surface area contributed by atoms with Gasteiger partial charge in [0.15, 0.2) is 0 Å². The van der Waals surface area contributed by atoms with Crippen molar-refractivity contribution >= 4 is 35.1 Å². The second-order valence-electron chi connectivity index (χ2n) is 4.86. The van der Waals surface area contributed by atoms with Crippen LogP contribution in [0.15, 0.2) is 22.1 Å². The molecular formula is C15H20N2O2S2. The molecule has 1 aromatic rings. The molecule has 0 unspecified atom stereocenters. The minimum Gasteiger partial charge on any atom is -0.478 e. The summed E-state index contributed by atoms with van der Waals surface area (Å²) in [6, 6.07) is 0. The van der Waals surface area contributed by atoms with Crippen LogP contribution in [0.5, 0.6) is 0 Å². The molecule has 1 heterocycles. The Hall–Kier alpha value is -1.14. The summed E-state index contributed by atoms with van der Waals surface area (Å²) in [6.45, 7) is 2.15. The van der Waals surface area contributed by atoms with E-state index in [4.69, 9.17) is 5.11 Å². The smallest absolute Gasteiger partial charge is 0.328 e. The Bertz CT molecular complexity index is 603. The normalized spacial score (nSPS) is 18.7. The molecule has 0 bridgehead atoms. The lowest BCUT2D eigenvalue weighted by atomic mass is 9.89. The zero-order valence-corrected chi connectivity index (χ0v) is 14.2. The lowest BCUT2D eigenvalue weighted by Crippen LogP contribution is -2.10. The Morgan fingerprint density at radius 3 is 2.90 bits per heavy atom. The van der Waals surface area contributed by atoms with Crippen LogP contribution in [-0.4, -0.2) is 32.9 Å². The van der Waals surface area contributed by atoms with Crippen LogP contribution in [0.1, 0.15) is 31.0 Å². The molecule has 2 rings (SSSR count). The van der Waals surface area contributed by atoms with E-state index in [1.807, 2.05) is 24.2 Å². The van der Waals surface area contributed by atoms with E-state index in [0.29, 0.717) is 0 Å². The highest BCUT2D eigenvalue weighted by molar-refractivity contribution is 8.22. The van der Waals surface area contributed by atoms with Gasteiger partial charge < -0.3 is 5.11 Å². The van der Waals surface area contributed by atoms with Gasteiger partial charge in [-0.25, -0.2) is 4.79 Å². The van der Waals surface area contributed by atoms with Gasteiger partial charge in [-0.05, 0) is 42.4 Å². The Morgan fingerprint density at radius 2 is 2.29 bits per heavy atom. The van der Waals surface area contributed by atoms with E-state index >= 15 is 0 Å². The third-order valence-electron chi connectivity index (χ3n) is 3.36. The molecular weight excluding hydrogens is 304 g/mol. The van der Waals surface area contributed by atoms with Gasteiger partial charge in [-0.15, -0.1) is 23.5 Å². The molecule has 6 heteroatoms. The number of aliphatic carboxylic acids is 1. The van der Waals surface area contributed by atoms with Crippen LogP contribution in [-0.2, 0) is 18.3 Å². The number of hydrogen-bond acceptors (Lipinski definition) is 4. The fraction of sp³-hybridized carbons (Fsp3) is 0.467. The number of aryl methyl sites for hydroxylation is 2. The molecule has 114 valence electrons. The number of carboxylic acids is 1. The van der Waals surface area contributed by atoms with Crippen molar-refractivity contribution in [3.05, 3.63) is 33.3 Å². The summed E-state index contributed by atoms with van der Waals surface area (Å²) in [6.07, 6.45) is 8.01. The van der Waals surface area contributed by atoms with Crippen LogP contribution < -0.4 is 0 Å². The summed E-state index contributed by atoms with van der Waals surface area (Å²) in [7, 11) is 1.92. The first kappa shape index (κ1) is 16.2. The summed E-state index contributed by atoms with van der Waals surface area (Å²) in [5.74, 6) is 0.154. The minimum atomic E-state index is -0.880. The molecule has 0 aromatic carbocycles. The third kappa shape index (κ3) is 3.55. The summed E-state index contributed by atoms with van der Waals surface area (Å²) >= 11 is 3.49. The van der Waals surface area contributed by atoms with Crippen molar-refractivity contribution in [2.45, 2.75) is 26.2 Å². The molecule has 21 heavy (non-hydrogen) atoms. The quantitative estimate of drug-likeness (QED) is 0.839. The van der Waals surface area contributed by atoms with Crippen molar-refractivity contribution in [1.82, 2.24) is 9.78 Å². The van der Waals surface area contributed by atoms with Crippen molar-refractivity contribution < 1.29 is 9.90 Å². The number of hydrogen-bond donors (Lipinski definition) is 1. The standard InChI is InChI=1S/C15H20N2O2S2/c1-4-7-21-15(20-3)13-10(8-12(18)19)5-6-11-9-16-17(2)14(11)13/h8-9H,4-7H2,1-3H3,(H,18,19)/b10-8+,15-13-. The Balaban J connectivity index is 2.59. The topological polar surface area (TPSA) is 55.1 Å². The van der Waals surface area contributed by atoms with Crippen LogP contribution in [0.25, 0.3) is 5.57 Å². The summed E-state index contributed by atoms with van der Waals surface area (Å²) in [5, 5.41) is 13.5. The fourth-order valence-electron chi connectivity index (χ4n) is 2.48. The lowest BCUT2D eigenvalue weighted by Gasteiger charge is -2.22. The van der Waals surface area contributed by atoms with E-state index in [0.717, 1.165) is 41.9 Å². The van der Waals surface area contributed by atoms with Crippen LogP contribution in [0.3, 0.4) is 0 Å². The first-order valence-corrected chi connectivity index (χ1v) is 9.15. The Kier molecular flexibility index (Phi) is 5.58. The average molecular weight is 324 g/mol. The molecule has 0 fully saturated rings. The molecule has 4 nitrogen and oxygen atoms in total. The number of thioether (sulfide) groups is 2. The highest BCUT2D eigenvalue weighted by Crippen LogP contribution is 2.43. The zero-order chi connectivity index (χ0) is 15.4. The van der Waals surface area contributed by atoms with Gasteiger partial charge in [0.1, 0.15) is 0 Å². The molecule has 0 aliphatic heterocycles. The summed E-state index contributed by atoms with van der Waals surface area (Å²) in [5.41, 5.74) is 4.25. The van der Waals surface area contributed by atoms with Crippen molar-refractivity contribution in [1.29, 1.82) is 0 Å². The first-order chi connectivity index (χ1) is 10.1. The summed E-state index contributed by atoms with van der Waals surface area (Å²) < 4.78 is 3.05. The highest BCUT2D eigenvalue weighted by Gasteiger charge is 2.26. The maximum absolute atomic E-state index is 11.1. The number of aromatic nitrogens is 2. The number of nitrogens with zero attached hydrogens (tertiary/aromatic N) is 2. The van der Waals surface area contributed by atoms with Crippen molar-refractivity contribution in [2.24, 2.45) is 7.05 Å². The maximum atomic E-state index is 11.1. The highest BCUT2D eigenvalue weighted by atomic mass is 32.2. The largest absolute Gasteiger partial charge is 0.478 e. The van der Waals surface area contributed by atoms with E-state index in [1.54, 1.807) is 23.5 Å². The second kappa shape index (κ2) is 7.22. The van der Waals surface area contributed by atoms with E-state index in [-0.39, 0.29) is 0 Å². The molecule has 1 N–H and O–H groups in total. The van der Waals surface area contributed by atoms with Crippen LogP contribution in [0, 0.1) is 0 Å². The van der Waals surface area contributed by atoms with Crippen LogP contribution >= 0.6 is 23.5 Å². The Morgan fingerprint density at radius 1 is 1.52 bits per heavy atom. The van der Waals surface area contributed by atoms with Gasteiger partial charge in [-0.3, -0.25) is 4.68 Å². The SMILES string of the molecule is CCCS/C(SC)=C1/C(=C/C(=O)O)CCc2cnn(C)c21. The van der Waals surface area contributed by atoms with Gasteiger partial charge in [0.05, 0.1) is 11.9 Å². The molecule has 0 spiro atoms. The van der Waals surface area contributed by atoms with Gasteiger partial charge in [0, 0.05) is 22.9 Å². The van der Waals surface area contributed by atoms with Gasteiger partial charge >= 0.3 is 5.97 Å². The predicted octanol–water partition coefficient (Wildman–Crippen LogP) is 3.55. The van der Waals surface area contributed by atoms with Gasteiger partial charge in [-0.2, -0.15) is 5.10 Å². The monoisotopic (exact) mass is 324 g/mol. The number of carbonyl (C=O) groups is 1. The maximum Gasteiger partial charge on any atom is 0.328 e. The average Bonchev–Trinajstić information content (AvgIpc) is 2.82. The number of allylic oxidation sites excluding steroid dienone is 2. The molecule has 0 saturated carbocycles. The molecule has 0 amide bonds. The molecule has 1 aliphatic rings. The van der Waals surface area contributed by atoms with E-state index < -0.39 is 5.97 Å². The predicted molar refractivity (Wildman–Crippen MR) is 90.4 cm³/mol. The minimum absolute atomic E-state index is 0.761. The van der Waals surface area contributed by atoms with Crippen molar-refractivity contribution in [2.75, 3.05) is 12.0 Å². The molecule has 0 saturated heterocycles. The lowest BCUT2D eigenvalue weighted by molar-refractivity contribution is -0.131. The van der Waals surface area contributed by atoms with Crippen LogP contribution in [0.2, 0.25) is 0 Å². The van der Waals surface area contributed by atoms with Gasteiger partial charge in [0.25, 0.3) is 0 Å². The fourth-order valence-corrected chi connectivity index (χ4v) is 4.40. The molecule has 0 atom stereocenters. The zero-order valence-electron chi connectivity index (χ0n) is 12.5. The van der Waals surface area contributed by atoms with E-state index in [1.165, 1.54) is 15.9 Å². The Labute approximate surface area is 133 Å². The number of carboxylic acid groups (broad SMARTS) is 1. The van der Waals surface area contributed by atoms with Gasteiger partial charge in [0.2, 0.25) is 0 Å². The molecule has 1 aromatic heterocycles.